The van der Waals surface area contributed by atoms with Crippen molar-refractivity contribution in [2.45, 2.75) is 32.9 Å². The average Bonchev–Trinajstić information content (AvgIpc) is 3.02. The molecule has 0 saturated heterocycles. The molecule has 0 radical (unpaired) electrons. The summed E-state index contributed by atoms with van der Waals surface area (Å²) in [5, 5.41) is 21.9. The lowest BCUT2D eigenvalue weighted by atomic mass is 10.0. The number of carbonyl (C=O) groups is 2. The Morgan fingerprint density at radius 2 is 1.77 bits per heavy atom. The molecule has 1 aromatic rings. The predicted octanol–water partition coefficient (Wildman–Crippen LogP) is 1.72. The molecule has 1 aromatic carbocycles. The van der Waals surface area contributed by atoms with Crippen molar-refractivity contribution in [2.75, 3.05) is 0 Å². The van der Waals surface area contributed by atoms with Crippen LogP contribution in [0.15, 0.2) is 24.3 Å². The van der Waals surface area contributed by atoms with Gasteiger partial charge in [0.2, 0.25) is 5.91 Å². The minimum Gasteiger partial charge on any atom is -0.481 e. The van der Waals surface area contributed by atoms with E-state index in [4.69, 9.17) is 5.11 Å². The predicted molar refractivity (Wildman–Crippen MR) is 77.4 cm³/mol. The summed E-state index contributed by atoms with van der Waals surface area (Å²) >= 11 is 0. The first-order valence-electron chi connectivity index (χ1n) is 7.13. The number of carboxylic acids is 1. The van der Waals surface area contributed by atoms with Crippen molar-refractivity contribution in [2.24, 2.45) is 17.3 Å². The van der Waals surface area contributed by atoms with Crippen LogP contribution in [0.3, 0.4) is 0 Å². The summed E-state index contributed by atoms with van der Waals surface area (Å²) in [6.45, 7) is 5.09. The van der Waals surface area contributed by atoms with Crippen LogP contribution in [0.1, 0.15) is 32.4 Å². The summed E-state index contributed by atoms with van der Waals surface area (Å²) < 4.78 is 12.9. The topological polar surface area (TPSA) is 86.6 Å². The number of amides is 1. The van der Waals surface area contributed by atoms with Gasteiger partial charge in [0.15, 0.2) is 0 Å². The smallest absolute Gasteiger partial charge is 0.307 e. The first-order chi connectivity index (χ1) is 10.2. The first-order valence-corrected chi connectivity index (χ1v) is 7.13. The molecule has 120 valence electrons. The van der Waals surface area contributed by atoms with E-state index >= 15 is 0 Å². The van der Waals surface area contributed by atoms with Crippen LogP contribution in [0.25, 0.3) is 0 Å². The van der Waals surface area contributed by atoms with E-state index in [0.717, 1.165) is 0 Å². The minimum atomic E-state index is -0.991. The average molecular weight is 309 g/mol. The van der Waals surface area contributed by atoms with Crippen molar-refractivity contribution in [1.29, 1.82) is 0 Å². The number of carbonyl (C=O) groups excluding carboxylic acids is 1. The molecule has 6 heteroatoms. The van der Waals surface area contributed by atoms with Crippen LogP contribution in [0.2, 0.25) is 0 Å². The fourth-order valence-corrected chi connectivity index (χ4v) is 2.93. The van der Waals surface area contributed by atoms with Crippen LogP contribution < -0.4 is 5.32 Å². The molecule has 5 nitrogen and oxygen atoms in total. The normalized spacial score (nSPS) is 25.1. The van der Waals surface area contributed by atoms with Crippen molar-refractivity contribution in [3.05, 3.63) is 35.6 Å². The molecule has 3 N–H and O–H groups in total. The number of hydrogen-bond acceptors (Lipinski definition) is 3. The summed E-state index contributed by atoms with van der Waals surface area (Å²) in [6, 6.07) is 4.76. The zero-order valence-corrected chi connectivity index (χ0v) is 12.7. The number of aliphatic carboxylic acids is 1. The maximum absolute atomic E-state index is 12.9. The molecule has 22 heavy (non-hydrogen) atoms. The first kappa shape index (κ1) is 16.4. The molecule has 4 atom stereocenters. The van der Waals surface area contributed by atoms with E-state index in [0.29, 0.717) is 5.56 Å². The number of aliphatic hydroxyl groups excluding tert-OH is 1. The number of halogens is 1. The summed E-state index contributed by atoms with van der Waals surface area (Å²) in [6.07, 6.45) is -0.991. The highest BCUT2D eigenvalue weighted by Gasteiger charge is 2.66. The zero-order valence-electron chi connectivity index (χ0n) is 12.7. The lowest BCUT2D eigenvalue weighted by Gasteiger charge is -2.21. The lowest BCUT2D eigenvalue weighted by molar-refractivity contribution is -0.140. The minimum absolute atomic E-state index is 0.383. The highest BCUT2D eigenvalue weighted by atomic mass is 19.1. The van der Waals surface area contributed by atoms with Gasteiger partial charge in [0.05, 0.1) is 24.0 Å². The summed E-state index contributed by atoms with van der Waals surface area (Å²) in [5.74, 6) is -3.09. The number of nitrogens with one attached hydrogen (secondary N) is 1. The Morgan fingerprint density at radius 3 is 2.23 bits per heavy atom. The number of rotatable bonds is 5. The van der Waals surface area contributed by atoms with Gasteiger partial charge in [0.25, 0.3) is 0 Å². The third-order valence-electron chi connectivity index (χ3n) is 4.43. The number of carboxylic acid groups (broad SMARTS) is 1. The molecule has 2 rings (SSSR count). The Balaban J connectivity index is 2.00. The van der Waals surface area contributed by atoms with Gasteiger partial charge in [-0.3, -0.25) is 9.59 Å². The largest absolute Gasteiger partial charge is 0.481 e. The SMILES string of the molecule is CC(NC(=O)[C@@H]1[C@H](C(=O)O)C1(C)C)C(O)c1ccc(F)cc1. The molecule has 0 heterocycles. The van der Waals surface area contributed by atoms with Gasteiger partial charge in [-0.25, -0.2) is 4.39 Å². The lowest BCUT2D eigenvalue weighted by Crippen LogP contribution is -2.39. The van der Waals surface area contributed by atoms with Crippen LogP contribution >= 0.6 is 0 Å². The van der Waals surface area contributed by atoms with Crippen molar-refractivity contribution in [1.82, 2.24) is 5.32 Å². The van der Waals surface area contributed by atoms with Crippen LogP contribution in [0.4, 0.5) is 4.39 Å². The number of hydrogen-bond donors (Lipinski definition) is 3. The van der Waals surface area contributed by atoms with Gasteiger partial charge in [-0.1, -0.05) is 26.0 Å². The number of aliphatic hydroxyl groups is 1. The second-order valence-corrected chi connectivity index (χ2v) is 6.41. The van der Waals surface area contributed by atoms with Gasteiger partial charge in [0, 0.05) is 0 Å². The maximum Gasteiger partial charge on any atom is 0.307 e. The van der Waals surface area contributed by atoms with Crippen LogP contribution in [0, 0.1) is 23.1 Å². The molecule has 2 unspecified atom stereocenters. The summed E-state index contributed by atoms with van der Waals surface area (Å²) in [7, 11) is 0. The fourth-order valence-electron chi connectivity index (χ4n) is 2.93. The van der Waals surface area contributed by atoms with E-state index in [1.54, 1.807) is 20.8 Å². The molecule has 1 fully saturated rings. The molecular formula is C16H20FNO4. The van der Waals surface area contributed by atoms with E-state index in [2.05, 4.69) is 5.32 Å². The number of benzene rings is 1. The van der Waals surface area contributed by atoms with Crippen LogP contribution in [0.5, 0.6) is 0 Å². The van der Waals surface area contributed by atoms with Crippen molar-refractivity contribution in [3.8, 4) is 0 Å². The summed E-state index contributed by atoms with van der Waals surface area (Å²) in [5.41, 5.74) is -0.102. The van der Waals surface area contributed by atoms with Gasteiger partial charge >= 0.3 is 5.97 Å². The van der Waals surface area contributed by atoms with Crippen molar-refractivity contribution >= 4 is 11.9 Å². The Labute approximate surface area is 128 Å². The van der Waals surface area contributed by atoms with E-state index in [-0.39, 0.29) is 5.91 Å². The van der Waals surface area contributed by atoms with E-state index < -0.39 is 41.2 Å². The quantitative estimate of drug-likeness (QED) is 0.773. The highest BCUT2D eigenvalue weighted by Crippen LogP contribution is 2.58. The second-order valence-electron chi connectivity index (χ2n) is 6.41. The highest BCUT2D eigenvalue weighted by molar-refractivity contribution is 5.91. The Kier molecular flexibility index (Phi) is 4.24. The van der Waals surface area contributed by atoms with Gasteiger partial charge in [-0.2, -0.15) is 0 Å². The van der Waals surface area contributed by atoms with Gasteiger partial charge in [0.1, 0.15) is 5.82 Å². The molecule has 0 spiro atoms. The van der Waals surface area contributed by atoms with E-state index in [1.807, 2.05) is 0 Å². The molecular weight excluding hydrogens is 289 g/mol. The fraction of sp³-hybridized carbons (Fsp3) is 0.500. The van der Waals surface area contributed by atoms with Gasteiger partial charge in [-0.15, -0.1) is 0 Å². The van der Waals surface area contributed by atoms with Crippen molar-refractivity contribution < 1.29 is 24.2 Å². The Bertz CT molecular complexity index is 584. The van der Waals surface area contributed by atoms with Crippen molar-refractivity contribution in [3.63, 3.8) is 0 Å². The Hall–Kier alpha value is -1.95. The molecule has 0 bridgehead atoms. The molecule has 1 aliphatic carbocycles. The maximum atomic E-state index is 12.9. The second kappa shape index (κ2) is 5.68. The van der Waals surface area contributed by atoms with E-state index in [1.165, 1.54) is 24.3 Å². The Morgan fingerprint density at radius 1 is 1.23 bits per heavy atom. The third kappa shape index (κ3) is 2.97. The molecule has 1 amide bonds. The molecule has 1 saturated carbocycles. The van der Waals surface area contributed by atoms with Gasteiger partial charge < -0.3 is 15.5 Å². The van der Waals surface area contributed by atoms with Crippen LogP contribution in [-0.4, -0.2) is 28.1 Å². The summed E-state index contributed by atoms with van der Waals surface area (Å²) in [4.78, 5) is 23.3. The zero-order chi connectivity index (χ0) is 16.7. The molecule has 0 aromatic heterocycles. The third-order valence-corrected chi connectivity index (χ3v) is 4.43. The van der Waals surface area contributed by atoms with E-state index in [9.17, 15) is 19.1 Å². The standard InChI is InChI=1S/C16H20FNO4/c1-8(13(19)9-4-6-10(17)7-5-9)18-14(20)11-12(15(21)22)16(11,2)3/h4-8,11-13,19H,1-3H3,(H,18,20)(H,21,22)/t8?,11-,12+,13?/m0/s1. The molecule has 1 aliphatic rings. The van der Waals surface area contributed by atoms with Crippen LogP contribution in [-0.2, 0) is 9.59 Å². The monoisotopic (exact) mass is 309 g/mol. The van der Waals surface area contributed by atoms with Gasteiger partial charge in [-0.05, 0) is 30.0 Å². The molecule has 0 aliphatic heterocycles.